The minimum Gasteiger partial charge on any atom is -0.461 e. The molecule has 0 atom stereocenters. The molecule has 1 heterocycles. The minimum absolute atomic E-state index is 0.199. The second kappa shape index (κ2) is 7.70. The summed E-state index contributed by atoms with van der Waals surface area (Å²) in [6, 6.07) is 16.0. The number of nitrogens with zero attached hydrogens (tertiary/aromatic N) is 1. The van der Waals surface area contributed by atoms with Crippen LogP contribution in [0, 0.1) is 0 Å². The Kier molecular flexibility index (Phi) is 4.97. The average Bonchev–Trinajstić information content (AvgIpc) is 2.69. The van der Waals surface area contributed by atoms with E-state index in [2.05, 4.69) is 4.98 Å². The molecule has 3 aromatic rings. The number of esters is 1. The zero-order valence-corrected chi connectivity index (χ0v) is 15.1. The molecule has 0 bridgehead atoms. The highest BCUT2D eigenvalue weighted by molar-refractivity contribution is 5.86. The Balaban J connectivity index is 1.29. The van der Waals surface area contributed by atoms with E-state index in [0.29, 0.717) is 37.4 Å². The van der Waals surface area contributed by atoms with Crippen molar-refractivity contribution >= 4 is 22.5 Å². The summed E-state index contributed by atoms with van der Waals surface area (Å²) in [6.07, 6.45) is 5.91. The summed E-state index contributed by atoms with van der Waals surface area (Å²) in [7, 11) is 0. The fraction of sp³-hybridized carbons (Fsp3) is 0.261. The van der Waals surface area contributed by atoms with Crippen molar-refractivity contribution in [1.82, 2.24) is 4.98 Å². The quantitative estimate of drug-likeness (QED) is 0.614. The highest BCUT2D eigenvalue weighted by Crippen LogP contribution is 2.33. The van der Waals surface area contributed by atoms with Crippen LogP contribution in [-0.4, -0.2) is 16.7 Å². The maximum Gasteiger partial charge on any atom is 0.306 e. The molecular weight excluding hydrogens is 338 g/mol. The Bertz CT molecular complexity index is 965. The molecule has 4 nitrogen and oxygen atoms in total. The Morgan fingerprint density at radius 1 is 1.07 bits per heavy atom. The monoisotopic (exact) mass is 359 g/mol. The van der Waals surface area contributed by atoms with Gasteiger partial charge in [-0.3, -0.25) is 14.6 Å². The van der Waals surface area contributed by atoms with Crippen LogP contribution in [0.25, 0.3) is 10.8 Å². The third kappa shape index (κ3) is 4.05. The summed E-state index contributed by atoms with van der Waals surface area (Å²) in [5, 5.41) is 2.21. The number of ketones is 1. The second-order valence-electron chi connectivity index (χ2n) is 7.06. The Hall–Kier alpha value is -3.01. The first-order valence-electron chi connectivity index (χ1n) is 9.27. The fourth-order valence-corrected chi connectivity index (χ4v) is 3.49. The minimum atomic E-state index is -0.199. The van der Waals surface area contributed by atoms with Crippen LogP contribution in [0.5, 0.6) is 0 Å². The molecule has 136 valence electrons. The summed E-state index contributed by atoms with van der Waals surface area (Å²) >= 11 is 0. The molecule has 1 aromatic heterocycles. The van der Waals surface area contributed by atoms with Crippen molar-refractivity contribution in [3.05, 3.63) is 77.6 Å². The van der Waals surface area contributed by atoms with Crippen molar-refractivity contribution in [2.45, 2.75) is 38.2 Å². The van der Waals surface area contributed by atoms with E-state index in [1.807, 2.05) is 54.7 Å². The van der Waals surface area contributed by atoms with Crippen LogP contribution in [0.2, 0.25) is 0 Å². The van der Waals surface area contributed by atoms with Crippen LogP contribution in [0.1, 0.15) is 41.9 Å². The highest BCUT2D eigenvalue weighted by Gasteiger charge is 2.27. The number of hydrogen-bond acceptors (Lipinski definition) is 4. The van der Waals surface area contributed by atoms with Gasteiger partial charge >= 0.3 is 5.97 Å². The maximum atomic E-state index is 12.1. The van der Waals surface area contributed by atoms with Gasteiger partial charge in [0.25, 0.3) is 0 Å². The molecule has 27 heavy (non-hydrogen) atoms. The zero-order valence-electron chi connectivity index (χ0n) is 15.1. The highest BCUT2D eigenvalue weighted by atomic mass is 16.5. The number of ether oxygens (including phenoxy) is 1. The van der Waals surface area contributed by atoms with Crippen LogP contribution < -0.4 is 0 Å². The predicted octanol–water partition coefficient (Wildman–Crippen LogP) is 4.36. The van der Waals surface area contributed by atoms with Gasteiger partial charge in [0.1, 0.15) is 12.4 Å². The van der Waals surface area contributed by atoms with Crippen molar-refractivity contribution in [1.29, 1.82) is 0 Å². The molecular formula is C23H21NO3. The number of rotatable bonds is 6. The van der Waals surface area contributed by atoms with Gasteiger partial charge in [-0.1, -0.05) is 42.5 Å². The first kappa shape index (κ1) is 17.4. The van der Waals surface area contributed by atoms with Gasteiger partial charge in [-0.05, 0) is 40.5 Å². The number of benzene rings is 2. The summed E-state index contributed by atoms with van der Waals surface area (Å²) in [5.41, 5.74) is 3.29. The lowest BCUT2D eigenvalue weighted by molar-refractivity contribution is -0.144. The molecule has 1 aliphatic carbocycles. The van der Waals surface area contributed by atoms with E-state index < -0.39 is 0 Å². The fourth-order valence-electron chi connectivity index (χ4n) is 3.49. The van der Waals surface area contributed by atoms with Crippen molar-refractivity contribution in [3.8, 4) is 0 Å². The lowest BCUT2D eigenvalue weighted by atomic mass is 9.79. The molecule has 4 rings (SSSR count). The normalized spacial score (nSPS) is 14.1. The lowest BCUT2D eigenvalue weighted by Gasteiger charge is -2.24. The molecule has 1 aliphatic rings. The van der Waals surface area contributed by atoms with E-state index in [4.69, 9.17) is 4.74 Å². The number of aromatic nitrogens is 1. The standard InChI is InChI=1S/C23H21NO3/c25-21-12-20(13-21)17-6-4-16(5-7-17)15-27-23(26)9-8-18-2-1-3-19-14-24-11-10-22(18)19/h1-7,10-11,14,20H,8-9,12-13,15H2. The van der Waals surface area contributed by atoms with Gasteiger partial charge in [0.15, 0.2) is 0 Å². The third-order valence-electron chi connectivity index (χ3n) is 5.17. The van der Waals surface area contributed by atoms with E-state index in [1.165, 1.54) is 5.56 Å². The predicted molar refractivity (Wildman–Crippen MR) is 103 cm³/mol. The number of pyridine rings is 1. The van der Waals surface area contributed by atoms with Gasteiger partial charge in [0, 0.05) is 37.0 Å². The Morgan fingerprint density at radius 2 is 1.89 bits per heavy atom. The van der Waals surface area contributed by atoms with Gasteiger partial charge in [0.2, 0.25) is 0 Å². The maximum absolute atomic E-state index is 12.1. The molecule has 0 spiro atoms. The molecule has 0 unspecified atom stereocenters. The number of hydrogen-bond donors (Lipinski definition) is 0. The molecule has 4 heteroatoms. The van der Waals surface area contributed by atoms with Gasteiger partial charge in [-0.15, -0.1) is 0 Å². The van der Waals surface area contributed by atoms with Crippen LogP contribution in [-0.2, 0) is 27.4 Å². The number of carbonyl (C=O) groups is 2. The van der Waals surface area contributed by atoms with Gasteiger partial charge in [-0.25, -0.2) is 0 Å². The molecule has 2 aromatic carbocycles. The molecule has 0 saturated heterocycles. The van der Waals surface area contributed by atoms with Crippen molar-refractivity contribution in [2.75, 3.05) is 0 Å². The molecule has 1 saturated carbocycles. The summed E-state index contributed by atoms with van der Waals surface area (Å²) < 4.78 is 5.41. The summed E-state index contributed by atoms with van der Waals surface area (Å²) in [6.45, 7) is 0.280. The van der Waals surface area contributed by atoms with Crippen molar-refractivity contribution in [2.24, 2.45) is 0 Å². The van der Waals surface area contributed by atoms with Crippen LogP contribution >= 0.6 is 0 Å². The Labute approximate surface area is 158 Å². The smallest absolute Gasteiger partial charge is 0.306 e. The van der Waals surface area contributed by atoms with Crippen LogP contribution in [0.3, 0.4) is 0 Å². The molecule has 1 fully saturated rings. The first-order chi connectivity index (χ1) is 13.2. The average molecular weight is 359 g/mol. The SMILES string of the molecule is O=C1CC(c2ccc(COC(=O)CCc3cccc4cnccc34)cc2)C1. The zero-order chi connectivity index (χ0) is 18.6. The van der Waals surface area contributed by atoms with Crippen LogP contribution in [0.4, 0.5) is 0 Å². The van der Waals surface area contributed by atoms with Gasteiger partial charge in [-0.2, -0.15) is 0 Å². The van der Waals surface area contributed by atoms with Gasteiger partial charge in [0.05, 0.1) is 0 Å². The number of aryl methyl sites for hydroxylation is 1. The van der Waals surface area contributed by atoms with E-state index in [9.17, 15) is 9.59 Å². The third-order valence-corrected chi connectivity index (χ3v) is 5.17. The van der Waals surface area contributed by atoms with E-state index >= 15 is 0 Å². The lowest BCUT2D eigenvalue weighted by Crippen LogP contribution is -2.20. The van der Waals surface area contributed by atoms with E-state index in [0.717, 1.165) is 21.9 Å². The van der Waals surface area contributed by atoms with Gasteiger partial charge < -0.3 is 4.74 Å². The van der Waals surface area contributed by atoms with Crippen LogP contribution in [0.15, 0.2) is 60.9 Å². The number of carbonyl (C=O) groups excluding carboxylic acids is 2. The molecule has 0 N–H and O–H groups in total. The summed E-state index contributed by atoms with van der Waals surface area (Å²) in [5.74, 6) is 0.500. The first-order valence-corrected chi connectivity index (χ1v) is 9.27. The topological polar surface area (TPSA) is 56.3 Å². The molecule has 0 amide bonds. The van der Waals surface area contributed by atoms with E-state index in [1.54, 1.807) is 6.20 Å². The van der Waals surface area contributed by atoms with Crippen molar-refractivity contribution in [3.63, 3.8) is 0 Å². The number of Topliss-reactive ketones (excluding diaryl/α,β-unsaturated/α-hetero) is 1. The molecule has 0 radical (unpaired) electrons. The second-order valence-corrected chi connectivity index (χ2v) is 7.06. The van der Waals surface area contributed by atoms with Crippen molar-refractivity contribution < 1.29 is 14.3 Å². The van der Waals surface area contributed by atoms with E-state index in [-0.39, 0.29) is 12.6 Å². The Morgan fingerprint density at radius 3 is 2.67 bits per heavy atom. The molecule has 0 aliphatic heterocycles. The summed E-state index contributed by atoms with van der Waals surface area (Å²) in [4.78, 5) is 27.4. The number of fused-ring (bicyclic) bond motifs is 1. The largest absolute Gasteiger partial charge is 0.461 e.